The maximum Gasteiger partial charge on any atom is 0.158 e. The van der Waals surface area contributed by atoms with Gasteiger partial charge in [-0.15, -0.1) is 0 Å². The van der Waals surface area contributed by atoms with E-state index in [-0.39, 0.29) is 11.7 Å². The Balaban J connectivity index is 1.77. The molecule has 0 heterocycles. The number of hydrogen-bond acceptors (Lipinski definition) is 3. The Morgan fingerprint density at radius 2 is 1.85 bits per heavy atom. The normalized spacial score (nSPS) is 13.8. The molecule has 1 aliphatic rings. The van der Waals surface area contributed by atoms with E-state index in [0.717, 1.165) is 48.9 Å². The van der Waals surface area contributed by atoms with Crippen molar-refractivity contribution < 1.29 is 14.3 Å². The van der Waals surface area contributed by atoms with E-state index in [1.54, 1.807) is 13.2 Å². The molecule has 3 nitrogen and oxygen atoms in total. The van der Waals surface area contributed by atoms with Crippen LogP contribution in [-0.4, -0.2) is 12.9 Å². The van der Waals surface area contributed by atoms with Gasteiger partial charge < -0.3 is 9.47 Å². The molecule has 2 aromatic carbocycles. The maximum atomic E-state index is 11.8. The minimum Gasteiger partial charge on any atom is -0.496 e. The number of benzene rings is 2. The van der Waals surface area contributed by atoms with Gasteiger partial charge in [0.1, 0.15) is 18.1 Å². The summed E-state index contributed by atoms with van der Waals surface area (Å²) in [5.74, 6) is 1.92. The van der Waals surface area contributed by atoms with E-state index < -0.39 is 0 Å². The largest absolute Gasteiger partial charge is 0.496 e. The van der Waals surface area contributed by atoms with Crippen molar-refractivity contribution >= 4 is 59.6 Å². The molecule has 0 atom stereocenters. The van der Waals surface area contributed by atoms with Crippen molar-refractivity contribution in [2.24, 2.45) is 5.92 Å². The summed E-state index contributed by atoms with van der Waals surface area (Å²) < 4.78 is 14.1. The molecule has 6 heteroatoms. The van der Waals surface area contributed by atoms with Gasteiger partial charge in [-0.1, -0.05) is 28.1 Å². The number of ketones is 1. The number of methoxy groups -OCH3 is 1. The number of rotatable bonds is 7. The van der Waals surface area contributed by atoms with Gasteiger partial charge in [0.2, 0.25) is 0 Å². The Kier molecular flexibility index (Phi) is 6.59. The Labute approximate surface area is 178 Å². The quantitative estimate of drug-likeness (QED) is 0.371. The van der Waals surface area contributed by atoms with Gasteiger partial charge in [-0.25, -0.2) is 0 Å². The highest BCUT2D eigenvalue weighted by atomic mass is 79.9. The van der Waals surface area contributed by atoms with Crippen molar-refractivity contribution in [3.63, 3.8) is 0 Å². The molecule has 1 fully saturated rings. The predicted octanol–water partition coefficient (Wildman–Crippen LogP) is 6.55. The third kappa shape index (κ3) is 4.99. The molecule has 0 amide bonds. The Morgan fingerprint density at radius 1 is 1.15 bits per heavy atom. The second kappa shape index (κ2) is 8.72. The highest BCUT2D eigenvalue weighted by Crippen LogP contribution is 2.37. The highest BCUT2D eigenvalue weighted by molar-refractivity contribution is 9.11. The zero-order valence-electron chi connectivity index (χ0n) is 14.1. The number of carbonyl (C=O) groups is 1. The van der Waals surface area contributed by atoms with Gasteiger partial charge in [0.15, 0.2) is 5.78 Å². The fraction of sp³-hybridized carbons (Fsp3) is 0.250. The molecule has 0 saturated heterocycles. The number of carbonyl (C=O) groups excluding carboxylic acids is 1. The first-order valence-corrected chi connectivity index (χ1v) is 10.5. The molecular formula is C20H17Br3O3. The van der Waals surface area contributed by atoms with Crippen molar-refractivity contribution in [2.75, 3.05) is 7.11 Å². The van der Waals surface area contributed by atoms with Crippen LogP contribution in [0.15, 0.2) is 49.8 Å². The van der Waals surface area contributed by atoms with Gasteiger partial charge in [-0.2, -0.15) is 0 Å². The van der Waals surface area contributed by atoms with E-state index in [9.17, 15) is 4.79 Å². The zero-order chi connectivity index (χ0) is 18.7. The summed E-state index contributed by atoms with van der Waals surface area (Å²) in [6.45, 7) is 0.347. The van der Waals surface area contributed by atoms with Gasteiger partial charge in [0, 0.05) is 16.0 Å². The summed E-state index contributed by atoms with van der Waals surface area (Å²) in [6.07, 6.45) is 5.56. The minimum absolute atomic E-state index is 0.210. The van der Waals surface area contributed by atoms with Crippen molar-refractivity contribution in [3.8, 4) is 11.5 Å². The highest BCUT2D eigenvalue weighted by Gasteiger charge is 2.27. The van der Waals surface area contributed by atoms with E-state index in [4.69, 9.17) is 9.47 Å². The smallest absolute Gasteiger partial charge is 0.158 e. The first-order chi connectivity index (χ1) is 12.5. The first-order valence-electron chi connectivity index (χ1n) is 8.14. The van der Waals surface area contributed by atoms with Crippen LogP contribution < -0.4 is 9.47 Å². The zero-order valence-corrected chi connectivity index (χ0v) is 18.9. The third-order valence-corrected chi connectivity index (χ3v) is 5.70. The summed E-state index contributed by atoms with van der Waals surface area (Å²) in [7, 11) is 1.64. The van der Waals surface area contributed by atoms with Gasteiger partial charge in [0.25, 0.3) is 0 Å². The second-order valence-electron chi connectivity index (χ2n) is 6.07. The fourth-order valence-corrected chi connectivity index (χ4v) is 5.00. The predicted molar refractivity (Wildman–Crippen MR) is 114 cm³/mol. The molecule has 0 unspecified atom stereocenters. The molecule has 26 heavy (non-hydrogen) atoms. The Bertz CT molecular complexity index is 834. The lowest BCUT2D eigenvalue weighted by Crippen LogP contribution is -2.00. The summed E-state index contributed by atoms with van der Waals surface area (Å²) >= 11 is 10.5. The Morgan fingerprint density at radius 3 is 2.46 bits per heavy atom. The topological polar surface area (TPSA) is 35.5 Å². The van der Waals surface area contributed by atoms with Crippen LogP contribution in [0.25, 0.3) is 6.08 Å². The van der Waals surface area contributed by atoms with Crippen molar-refractivity contribution in [1.82, 2.24) is 0 Å². The van der Waals surface area contributed by atoms with E-state index in [2.05, 4.69) is 47.8 Å². The molecule has 2 aromatic rings. The fourth-order valence-electron chi connectivity index (χ4n) is 2.51. The number of allylic oxidation sites excluding steroid dienone is 1. The lowest BCUT2D eigenvalue weighted by atomic mass is 10.1. The minimum atomic E-state index is 0.210. The molecule has 0 radical (unpaired) electrons. The molecule has 136 valence electrons. The molecule has 0 N–H and O–H groups in total. The number of halogens is 3. The molecule has 0 spiro atoms. The van der Waals surface area contributed by atoms with E-state index in [1.165, 1.54) is 0 Å². The number of ether oxygens (including phenoxy) is 2. The second-order valence-corrected chi connectivity index (χ2v) is 8.69. The lowest BCUT2D eigenvalue weighted by molar-refractivity contribution is -0.115. The summed E-state index contributed by atoms with van der Waals surface area (Å²) in [5.41, 5.74) is 1.86. The molecule has 1 saturated carbocycles. The van der Waals surface area contributed by atoms with Crippen LogP contribution >= 0.6 is 47.8 Å². The third-order valence-electron chi connectivity index (χ3n) is 4.06. The SMILES string of the molecule is COc1ccc(/C=C/C(=O)C2CC2)cc1COc1c(Br)cc(Br)cc1Br. The standard InChI is InChI=1S/C20H17Br3O3/c1-25-19-7-3-12(2-6-18(24)13-4-5-13)8-14(19)11-26-20-16(22)9-15(21)10-17(20)23/h2-3,6-10,13H,4-5,11H2,1H3/b6-2+. The molecule has 1 aliphatic carbocycles. The van der Waals surface area contributed by atoms with Crippen LogP contribution in [0.5, 0.6) is 11.5 Å². The van der Waals surface area contributed by atoms with Crippen molar-refractivity contribution in [3.05, 3.63) is 61.0 Å². The summed E-state index contributed by atoms with van der Waals surface area (Å²) in [6, 6.07) is 9.67. The molecule has 0 aromatic heterocycles. The Hall–Kier alpha value is -1.11. The van der Waals surface area contributed by atoms with Crippen molar-refractivity contribution in [2.45, 2.75) is 19.4 Å². The summed E-state index contributed by atoms with van der Waals surface area (Å²) in [5, 5.41) is 0. The monoisotopic (exact) mass is 542 g/mol. The summed E-state index contributed by atoms with van der Waals surface area (Å²) in [4.78, 5) is 11.8. The van der Waals surface area contributed by atoms with Gasteiger partial charge in [-0.3, -0.25) is 4.79 Å². The van der Waals surface area contributed by atoms with Crippen LogP contribution in [0.2, 0.25) is 0 Å². The van der Waals surface area contributed by atoms with E-state index in [0.29, 0.717) is 6.61 Å². The average Bonchev–Trinajstić information content (AvgIpc) is 3.44. The molecule has 0 aliphatic heterocycles. The lowest BCUT2D eigenvalue weighted by Gasteiger charge is -2.14. The van der Waals surface area contributed by atoms with Gasteiger partial charge in [0.05, 0.1) is 16.1 Å². The maximum absolute atomic E-state index is 11.8. The van der Waals surface area contributed by atoms with Gasteiger partial charge in [-0.05, 0) is 80.6 Å². The van der Waals surface area contributed by atoms with E-state index >= 15 is 0 Å². The van der Waals surface area contributed by atoms with Gasteiger partial charge >= 0.3 is 0 Å². The van der Waals surface area contributed by atoms with Crippen molar-refractivity contribution in [1.29, 1.82) is 0 Å². The first kappa shape index (κ1) is 19.6. The molecule has 0 bridgehead atoms. The van der Waals surface area contributed by atoms with E-state index in [1.807, 2.05) is 36.4 Å². The number of hydrogen-bond donors (Lipinski definition) is 0. The van der Waals surface area contributed by atoms with Crippen LogP contribution in [0, 0.1) is 5.92 Å². The van der Waals surface area contributed by atoms with Crippen LogP contribution in [0.4, 0.5) is 0 Å². The van der Waals surface area contributed by atoms with Crippen LogP contribution in [0.3, 0.4) is 0 Å². The van der Waals surface area contributed by atoms with Crippen LogP contribution in [-0.2, 0) is 11.4 Å². The van der Waals surface area contributed by atoms with Crippen LogP contribution in [0.1, 0.15) is 24.0 Å². The molecule has 3 rings (SSSR count). The average molecular weight is 545 g/mol. The molecular weight excluding hydrogens is 528 g/mol.